The first-order valence-corrected chi connectivity index (χ1v) is 9.48. The molecule has 0 aliphatic carbocycles. The van der Waals surface area contributed by atoms with Gasteiger partial charge in [0.05, 0.1) is 18.6 Å². The molecule has 0 aliphatic heterocycles. The third kappa shape index (κ3) is 3.54. The maximum Gasteiger partial charge on any atom is 0.252 e. The predicted molar refractivity (Wildman–Crippen MR) is 107 cm³/mol. The van der Waals surface area contributed by atoms with Crippen molar-refractivity contribution in [1.82, 2.24) is 19.6 Å². The third-order valence-corrected chi connectivity index (χ3v) is 5.12. The highest BCUT2D eigenvalue weighted by atomic mass is 32.2. The van der Waals surface area contributed by atoms with E-state index in [4.69, 9.17) is 4.74 Å². The SMILES string of the molecule is COc1ccc(C(=O)CSc2nnc3[nH]c(=O)cc(-c4ccccc4)n23)cc1. The van der Waals surface area contributed by atoms with Gasteiger partial charge in [-0.3, -0.25) is 19.0 Å². The molecule has 0 saturated heterocycles. The van der Waals surface area contributed by atoms with E-state index in [9.17, 15) is 9.59 Å². The number of carbonyl (C=O) groups excluding carboxylic acids is 1. The van der Waals surface area contributed by atoms with Crippen molar-refractivity contribution >= 4 is 23.3 Å². The third-order valence-electron chi connectivity index (χ3n) is 4.19. The number of ether oxygens (including phenoxy) is 1. The summed E-state index contributed by atoms with van der Waals surface area (Å²) in [5.41, 5.74) is 1.87. The Morgan fingerprint density at radius 3 is 2.57 bits per heavy atom. The first-order valence-electron chi connectivity index (χ1n) is 8.49. The van der Waals surface area contributed by atoms with E-state index < -0.39 is 0 Å². The zero-order chi connectivity index (χ0) is 19.5. The van der Waals surface area contributed by atoms with E-state index >= 15 is 0 Å². The van der Waals surface area contributed by atoms with Crippen molar-refractivity contribution < 1.29 is 9.53 Å². The van der Waals surface area contributed by atoms with Crippen LogP contribution in [-0.4, -0.2) is 38.2 Å². The van der Waals surface area contributed by atoms with Crippen LogP contribution in [0.2, 0.25) is 0 Å². The van der Waals surface area contributed by atoms with E-state index in [1.165, 1.54) is 17.8 Å². The molecule has 2 heterocycles. The van der Waals surface area contributed by atoms with Gasteiger partial charge < -0.3 is 4.74 Å². The molecule has 1 N–H and O–H groups in total. The van der Waals surface area contributed by atoms with Crippen LogP contribution in [0.15, 0.2) is 70.6 Å². The Labute approximate surface area is 164 Å². The van der Waals surface area contributed by atoms with E-state index in [0.29, 0.717) is 27.9 Å². The first kappa shape index (κ1) is 18.0. The van der Waals surface area contributed by atoms with Crippen LogP contribution in [0.4, 0.5) is 0 Å². The van der Waals surface area contributed by atoms with Gasteiger partial charge in [-0.2, -0.15) is 0 Å². The standard InChI is InChI=1S/C20H16N4O3S/c1-27-15-9-7-14(8-10-15)17(25)12-28-20-23-22-19-21-18(26)11-16(24(19)20)13-5-3-2-4-6-13/h2-11H,12H2,1H3,(H,21,22,26). The highest BCUT2D eigenvalue weighted by Gasteiger charge is 2.15. The molecule has 0 unspecified atom stereocenters. The number of carbonyl (C=O) groups is 1. The molecular weight excluding hydrogens is 376 g/mol. The lowest BCUT2D eigenvalue weighted by atomic mass is 10.1. The van der Waals surface area contributed by atoms with Gasteiger partial charge in [0.15, 0.2) is 10.9 Å². The van der Waals surface area contributed by atoms with Gasteiger partial charge in [-0.15, -0.1) is 10.2 Å². The minimum atomic E-state index is -0.260. The molecule has 0 aliphatic rings. The minimum Gasteiger partial charge on any atom is -0.497 e. The van der Waals surface area contributed by atoms with E-state index in [1.54, 1.807) is 35.8 Å². The van der Waals surface area contributed by atoms with Gasteiger partial charge in [-0.25, -0.2) is 0 Å². The van der Waals surface area contributed by atoms with Gasteiger partial charge in [0.2, 0.25) is 5.78 Å². The summed E-state index contributed by atoms with van der Waals surface area (Å²) in [5, 5.41) is 8.73. The summed E-state index contributed by atoms with van der Waals surface area (Å²) in [5.74, 6) is 1.20. The largest absolute Gasteiger partial charge is 0.497 e. The molecule has 28 heavy (non-hydrogen) atoms. The zero-order valence-electron chi connectivity index (χ0n) is 15.0. The number of nitrogens with one attached hydrogen (secondary N) is 1. The predicted octanol–water partition coefficient (Wildman–Crippen LogP) is 3.07. The lowest BCUT2D eigenvalue weighted by molar-refractivity contribution is 0.102. The Hall–Kier alpha value is -3.39. The normalized spacial score (nSPS) is 10.9. The summed E-state index contributed by atoms with van der Waals surface area (Å²) in [6.07, 6.45) is 0. The molecule has 0 radical (unpaired) electrons. The number of ketones is 1. The molecule has 0 saturated carbocycles. The van der Waals surface area contributed by atoms with Crippen molar-refractivity contribution in [1.29, 1.82) is 0 Å². The second-order valence-corrected chi connectivity index (χ2v) is 6.91. The van der Waals surface area contributed by atoms with Crippen LogP contribution in [0.25, 0.3) is 17.0 Å². The van der Waals surface area contributed by atoms with Gasteiger partial charge in [-0.05, 0) is 29.8 Å². The van der Waals surface area contributed by atoms with Gasteiger partial charge in [-0.1, -0.05) is 42.1 Å². The molecule has 4 aromatic rings. The maximum atomic E-state index is 12.5. The molecular formula is C20H16N4O3S. The highest BCUT2D eigenvalue weighted by Crippen LogP contribution is 2.24. The summed E-state index contributed by atoms with van der Waals surface area (Å²) < 4.78 is 6.87. The topological polar surface area (TPSA) is 89.3 Å². The summed E-state index contributed by atoms with van der Waals surface area (Å²) in [7, 11) is 1.58. The van der Waals surface area contributed by atoms with Crippen LogP contribution in [0.1, 0.15) is 10.4 Å². The van der Waals surface area contributed by atoms with E-state index in [1.807, 2.05) is 30.3 Å². The van der Waals surface area contributed by atoms with E-state index in [0.717, 1.165) is 5.56 Å². The second-order valence-electron chi connectivity index (χ2n) is 5.97. The van der Waals surface area contributed by atoms with Crippen molar-refractivity contribution in [3.8, 4) is 17.0 Å². The van der Waals surface area contributed by atoms with Crippen LogP contribution >= 0.6 is 11.8 Å². The second kappa shape index (κ2) is 7.69. The zero-order valence-corrected chi connectivity index (χ0v) is 15.8. The number of hydrogen-bond donors (Lipinski definition) is 1. The molecule has 7 nitrogen and oxygen atoms in total. The Bertz CT molecular complexity index is 1180. The number of aromatic nitrogens is 4. The fourth-order valence-electron chi connectivity index (χ4n) is 2.81. The molecule has 140 valence electrons. The quantitative estimate of drug-likeness (QED) is 0.401. The molecule has 0 fully saturated rings. The Morgan fingerprint density at radius 2 is 1.86 bits per heavy atom. The van der Waals surface area contributed by atoms with Crippen molar-refractivity contribution in [3.63, 3.8) is 0 Å². The average molecular weight is 392 g/mol. The number of nitrogens with zero attached hydrogens (tertiary/aromatic N) is 3. The number of benzene rings is 2. The first-order chi connectivity index (χ1) is 13.7. The number of hydrogen-bond acceptors (Lipinski definition) is 6. The highest BCUT2D eigenvalue weighted by molar-refractivity contribution is 7.99. The number of H-pyrrole nitrogens is 1. The van der Waals surface area contributed by atoms with Crippen LogP contribution in [0, 0.1) is 0 Å². The lowest BCUT2D eigenvalue weighted by Gasteiger charge is -2.07. The molecule has 4 rings (SSSR count). The van der Waals surface area contributed by atoms with Crippen molar-refractivity contribution in [3.05, 3.63) is 76.6 Å². The number of aromatic amines is 1. The molecule has 8 heteroatoms. The Balaban J connectivity index is 1.64. The number of methoxy groups -OCH3 is 1. The van der Waals surface area contributed by atoms with Crippen LogP contribution < -0.4 is 10.3 Å². The molecule has 0 bridgehead atoms. The van der Waals surface area contributed by atoms with Gasteiger partial charge in [0.25, 0.3) is 5.56 Å². The monoisotopic (exact) mass is 392 g/mol. The maximum absolute atomic E-state index is 12.5. The van der Waals surface area contributed by atoms with Crippen molar-refractivity contribution in [2.24, 2.45) is 0 Å². The molecule has 0 amide bonds. The molecule has 0 spiro atoms. The van der Waals surface area contributed by atoms with Gasteiger partial charge in [0, 0.05) is 11.6 Å². The number of Topliss-reactive ketones (excluding diaryl/α,β-unsaturated/α-hetero) is 1. The van der Waals surface area contributed by atoms with Crippen LogP contribution in [0.5, 0.6) is 5.75 Å². The summed E-state index contributed by atoms with van der Waals surface area (Å²) in [6.45, 7) is 0. The Morgan fingerprint density at radius 1 is 1.11 bits per heavy atom. The fraction of sp³-hybridized carbons (Fsp3) is 0.100. The van der Waals surface area contributed by atoms with E-state index in [-0.39, 0.29) is 17.1 Å². The van der Waals surface area contributed by atoms with Gasteiger partial charge in [0.1, 0.15) is 5.75 Å². The summed E-state index contributed by atoms with van der Waals surface area (Å²) in [4.78, 5) is 27.2. The molecule has 2 aromatic carbocycles. The number of fused-ring (bicyclic) bond motifs is 1. The van der Waals surface area contributed by atoms with E-state index in [2.05, 4.69) is 15.2 Å². The number of thioether (sulfide) groups is 1. The lowest BCUT2D eigenvalue weighted by Crippen LogP contribution is -2.10. The minimum absolute atomic E-state index is 0.0323. The van der Waals surface area contributed by atoms with Crippen molar-refractivity contribution in [2.75, 3.05) is 12.9 Å². The van der Waals surface area contributed by atoms with Crippen molar-refractivity contribution in [2.45, 2.75) is 5.16 Å². The fourth-order valence-corrected chi connectivity index (χ4v) is 3.65. The van der Waals surface area contributed by atoms with Crippen LogP contribution in [0.3, 0.4) is 0 Å². The number of rotatable bonds is 6. The average Bonchev–Trinajstić information content (AvgIpc) is 3.14. The molecule has 0 atom stereocenters. The summed E-state index contributed by atoms with van der Waals surface area (Å²) >= 11 is 1.27. The smallest absolute Gasteiger partial charge is 0.252 e. The van der Waals surface area contributed by atoms with Gasteiger partial charge >= 0.3 is 0 Å². The Kier molecular flexibility index (Phi) is 4.94. The van der Waals surface area contributed by atoms with Crippen LogP contribution in [-0.2, 0) is 0 Å². The summed E-state index contributed by atoms with van der Waals surface area (Å²) in [6, 6.07) is 18.0. The molecule has 2 aromatic heterocycles.